The molecular formula is C11H13ClN4O5. The highest BCUT2D eigenvalue weighted by atomic mass is 35.5. The van der Waals surface area contributed by atoms with Gasteiger partial charge in [0.2, 0.25) is 0 Å². The van der Waals surface area contributed by atoms with Crippen LogP contribution >= 0.6 is 12.4 Å². The molecule has 114 valence electrons. The van der Waals surface area contributed by atoms with E-state index in [1.165, 1.54) is 12.1 Å². The van der Waals surface area contributed by atoms with Crippen LogP contribution in [0, 0.1) is 10.1 Å². The monoisotopic (exact) mass is 316 g/mol. The number of hydrogen-bond acceptors (Lipinski definition) is 6. The van der Waals surface area contributed by atoms with Crippen molar-refractivity contribution >= 4 is 29.1 Å². The van der Waals surface area contributed by atoms with E-state index in [1.807, 2.05) is 0 Å². The molecule has 1 heterocycles. The first-order chi connectivity index (χ1) is 9.52. The predicted octanol–water partition coefficient (Wildman–Crippen LogP) is -0.372. The van der Waals surface area contributed by atoms with Gasteiger partial charge in [0.1, 0.15) is 0 Å². The largest absolute Gasteiger partial charge is 0.395 e. The highest BCUT2D eigenvalue weighted by molar-refractivity contribution is 5.85. The number of benzene rings is 1. The summed E-state index contributed by atoms with van der Waals surface area (Å²) in [6, 6.07) is 2.49. The topological polar surface area (TPSA) is 141 Å². The molecule has 0 aliphatic carbocycles. The molecule has 0 aliphatic heterocycles. The quantitative estimate of drug-likeness (QED) is 0.257. The summed E-state index contributed by atoms with van der Waals surface area (Å²) in [5.74, 6) is 0. The molecule has 0 saturated carbocycles. The van der Waals surface area contributed by atoms with Gasteiger partial charge in [0.15, 0.2) is 0 Å². The van der Waals surface area contributed by atoms with Crippen molar-refractivity contribution in [1.29, 1.82) is 0 Å². The van der Waals surface area contributed by atoms with Crippen molar-refractivity contribution in [1.82, 2.24) is 15.3 Å². The molecule has 1 aromatic heterocycles. The molecule has 1 aromatic carbocycles. The van der Waals surface area contributed by atoms with Gasteiger partial charge in [0.25, 0.3) is 5.69 Å². The number of aliphatic hydroxyl groups is 1. The number of hydrogen-bond donors (Lipinski definition) is 4. The van der Waals surface area contributed by atoms with Crippen molar-refractivity contribution in [3.8, 4) is 0 Å². The summed E-state index contributed by atoms with van der Waals surface area (Å²) in [5, 5.41) is 22.4. The lowest BCUT2D eigenvalue weighted by Crippen LogP contribution is -2.29. The molecular weight excluding hydrogens is 304 g/mol. The van der Waals surface area contributed by atoms with Gasteiger partial charge >= 0.3 is 11.1 Å². The lowest BCUT2D eigenvalue weighted by Gasteiger charge is -2.07. The van der Waals surface area contributed by atoms with Gasteiger partial charge in [0.05, 0.1) is 22.6 Å². The first kappa shape index (κ1) is 16.8. The van der Waals surface area contributed by atoms with Gasteiger partial charge < -0.3 is 20.4 Å². The maximum absolute atomic E-state index is 11.3. The Hall–Kier alpha value is -2.23. The van der Waals surface area contributed by atoms with Crippen LogP contribution in [-0.2, 0) is 6.54 Å². The van der Waals surface area contributed by atoms with Crippen LogP contribution in [-0.4, -0.2) is 33.1 Å². The Labute approximate surface area is 123 Å². The summed E-state index contributed by atoms with van der Waals surface area (Å²) >= 11 is 0. The Kier molecular flexibility index (Phi) is 5.59. The first-order valence-corrected chi connectivity index (χ1v) is 5.78. The fourth-order valence-electron chi connectivity index (χ4n) is 1.83. The van der Waals surface area contributed by atoms with E-state index in [0.29, 0.717) is 17.6 Å². The van der Waals surface area contributed by atoms with Gasteiger partial charge in [-0.1, -0.05) is 0 Å². The SMILES string of the molecule is Cl.O=c1[nH]c2cc([N+](=O)[O-])cc(CNCCO)c2[nH]c1=O. The Balaban J connectivity index is 0.00000220. The second-order valence-corrected chi connectivity index (χ2v) is 4.09. The van der Waals surface area contributed by atoms with E-state index >= 15 is 0 Å². The molecule has 2 aromatic rings. The number of nitro benzene ring substituents is 1. The third kappa shape index (κ3) is 3.66. The number of nitro groups is 1. The minimum Gasteiger partial charge on any atom is -0.395 e. The molecule has 0 spiro atoms. The van der Waals surface area contributed by atoms with Gasteiger partial charge in [-0.05, 0) is 5.56 Å². The first-order valence-electron chi connectivity index (χ1n) is 5.78. The number of aromatic nitrogens is 2. The van der Waals surface area contributed by atoms with Crippen molar-refractivity contribution in [3.05, 3.63) is 48.5 Å². The van der Waals surface area contributed by atoms with E-state index in [4.69, 9.17) is 5.11 Å². The van der Waals surface area contributed by atoms with E-state index in [9.17, 15) is 19.7 Å². The van der Waals surface area contributed by atoms with Gasteiger partial charge in [-0.25, -0.2) is 0 Å². The van der Waals surface area contributed by atoms with Gasteiger partial charge in [-0.3, -0.25) is 19.7 Å². The van der Waals surface area contributed by atoms with E-state index in [1.54, 1.807) is 0 Å². The molecule has 9 nitrogen and oxygen atoms in total. The molecule has 2 rings (SSSR count). The smallest absolute Gasteiger partial charge is 0.314 e. The highest BCUT2D eigenvalue weighted by Gasteiger charge is 2.13. The average Bonchev–Trinajstić information content (AvgIpc) is 2.40. The van der Waals surface area contributed by atoms with Crippen molar-refractivity contribution in [2.75, 3.05) is 13.2 Å². The van der Waals surface area contributed by atoms with Gasteiger partial charge in [0, 0.05) is 25.2 Å². The third-order valence-corrected chi connectivity index (χ3v) is 2.71. The fraction of sp³-hybridized carbons (Fsp3) is 0.273. The summed E-state index contributed by atoms with van der Waals surface area (Å²) in [6.45, 7) is 0.429. The second kappa shape index (κ2) is 6.97. The number of nitrogens with one attached hydrogen (secondary N) is 3. The number of nitrogens with zero attached hydrogens (tertiary/aromatic N) is 1. The molecule has 0 saturated heterocycles. The maximum Gasteiger partial charge on any atom is 0.314 e. The highest BCUT2D eigenvalue weighted by Crippen LogP contribution is 2.21. The van der Waals surface area contributed by atoms with Crippen molar-refractivity contribution in [2.24, 2.45) is 0 Å². The summed E-state index contributed by atoms with van der Waals surface area (Å²) in [5.41, 5.74) is -0.922. The molecule has 0 amide bonds. The minimum atomic E-state index is -0.868. The number of H-pyrrole nitrogens is 2. The second-order valence-electron chi connectivity index (χ2n) is 4.09. The lowest BCUT2D eigenvalue weighted by molar-refractivity contribution is -0.384. The number of halogens is 1. The van der Waals surface area contributed by atoms with Crippen LogP contribution in [0.2, 0.25) is 0 Å². The zero-order valence-corrected chi connectivity index (χ0v) is 11.5. The fourth-order valence-corrected chi connectivity index (χ4v) is 1.83. The molecule has 0 unspecified atom stereocenters. The number of non-ortho nitro benzene ring substituents is 1. The molecule has 10 heteroatoms. The zero-order chi connectivity index (χ0) is 14.7. The Morgan fingerprint density at radius 3 is 2.52 bits per heavy atom. The van der Waals surface area contributed by atoms with Crippen molar-refractivity contribution in [3.63, 3.8) is 0 Å². The van der Waals surface area contributed by atoms with E-state index in [0.717, 1.165) is 0 Å². The minimum absolute atomic E-state index is 0. The van der Waals surface area contributed by atoms with Crippen LogP contribution < -0.4 is 16.4 Å². The number of aromatic amines is 2. The third-order valence-electron chi connectivity index (χ3n) is 2.71. The Morgan fingerprint density at radius 2 is 1.90 bits per heavy atom. The van der Waals surface area contributed by atoms with Crippen molar-refractivity contribution in [2.45, 2.75) is 6.54 Å². The Bertz CT molecular complexity index is 769. The van der Waals surface area contributed by atoms with Gasteiger partial charge in [-0.15, -0.1) is 12.4 Å². The number of rotatable bonds is 5. The Morgan fingerprint density at radius 1 is 1.24 bits per heavy atom. The molecule has 0 fully saturated rings. The lowest BCUT2D eigenvalue weighted by atomic mass is 10.1. The molecule has 21 heavy (non-hydrogen) atoms. The van der Waals surface area contributed by atoms with Gasteiger partial charge in [-0.2, -0.15) is 0 Å². The van der Waals surface area contributed by atoms with Crippen LogP contribution in [0.25, 0.3) is 11.0 Å². The molecule has 0 atom stereocenters. The number of fused-ring (bicyclic) bond motifs is 1. The molecule has 0 radical (unpaired) electrons. The summed E-state index contributed by atoms with van der Waals surface area (Å²) < 4.78 is 0. The van der Waals surface area contributed by atoms with E-state index in [-0.39, 0.29) is 36.8 Å². The summed E-state index contributed by atoms with van der Waals surface area (Å²) in [7, 11) is 0. The zero-order valence-electron chi connectivity index (χ0n) is 10.7. The molecule has 0 bridgehead atoms. The van der Waals surface area contributed by atoms with Crippen LogP contribution in [0.5, 0.6) is 0 Å². The summed E-state index contributed by atoms with van der Waals surface area (Å²) in [4.78, 5) is 37.6. The van der Waals surface area contributed by atoms with Crippen LogP contribution in [0.3, 0.4) is 0 Å². The average molecular weight is 317 g/mol. The normalized spacial score (nSPS) is 10.3. The van der Waals surface area contributed by atoms with E-state index < -0.39 is 16.0 Å². The van der Waals surface area contributed by atoms with Crippen LogP contribution in [0.4, 0.5) is 5.69 Å². The van der Waals surface area contributed by atoms with Crippen molar-refractivity contribution < 1.29 is 10.0 Å². The predicted molar refractivity (Wildman–Crippen MR) is 77.9 cm³/mol. The molecule has 0 aliphatic rings. The molecule has 4 N–H and O–H groups in total. The summed E-state index contributed by atoms with van der Waals surface area (Å²) in [6.07, 6.45) is 0. The van der Waals surface area contributed by atoms with Crippen LogP contribution in [0.1, 0.15) is 5.56 Å². The van der Waals surface area contributed by atoms with E-state index in [2.05, 4.69) is 15.3 Å². The number of aliphatic hydroxyl groups excluding tert-OH is 1. The maximum atomic E-state index is 11.3. The standard InChI is InChI=1S/C11H12N4O5.ClH/c16-2-1-12-5-6-3-7(15(19)20)4-8-9(6)14-11(18)10(17)13-8;/h3-4,12,16H,1-2,5H2,(H,13,17)(H,14,18);1H. The van der Waals surface area contributed by atoms with Crippen LogP contribution in [0.15, 0.2) is 21.7 Å².